The van der Waals surface area contributed by atoms with Crippen LogP contribution in [0.1, 0.15) is 16.4 Å². The maximum atomic E-state index is 13.9. The van der Waals surface area contributed by atoms with Gasteiger partial charge in [-0.3, -0.25) is 33.9 Å². The number of thioether (sulfide) groups is 1. The molecule has 0 spiro atoms. The first-order valence-corrected chi connectivity index (χ1v) is 14.5. The van der Waals surface area contributed by atoms with Gasteiger partial charge in [-0.2, -0.15) is 0 Å². The van der Waals surface area contributed by atoms with Crippen molar-refractivity contribution in [1.82, 2.24) is 4.57 Å². The summed E-state index contributed by atoms with van der Waals surface area (Å²) in [7, 11) is 0. The first-order chi connectivity index (χ1) is 20.1. The minimum Gasteiger partial charge on any atom is -0.325 e. The first kappa shape index (κ1) is 27.8. The molecule has 0 saturated carbocycles. The number of carbonyl (C=O) groups excluding carboxylic acids is 3. The van der Waals surface area contributed by atoms with Gasteiger partial charge in [0, 0.05) is 33.6 Å². The molecular weight excluding hydrogens is 607 g/mol. The van der Waals surface area contributed by atoms with Crippen LogP contribution in [0.15, 0.2) is 82.6 Å². The van der Waals surface area contributed by atoms with Crippen molar-refractivity contribution < 1.29 is 23.7 Å². The molecule has 212 valence electrons. The number of anilines is 2. The molecule has 14 heteroatoms. The van der Waals surface area contributed by atoms with E-state index in [2.05, 4.69) is 5.32 Å². The lowest BCUT2D eigenvalue weighted by atomic mass is 9.83. The zero-order chi connectivity index (χ0) is 29.7. The molecular formula is C28H18ClFN4O6S2. The largest absolute Gasteiger partial charge is 0.325 e. The minimum absolute atomic E-state index is 0.186. The van der Waals surface area contributed by atoms with E-state index in [4.69, 9.17) is 11.6 Å². The lowest BCUT2D eigenvalue weighted by molar-refractivity contribution is -0.384. The van der Waals surface area contributed by atoms with Gasteiger partial charge in [0.1, 0.15) is 17.6 Å². The molecule has 2 aliphatic heterocycles. The van der Waals surface area contributed by atoms with Crippen LogP contribution in [0.5, 0.6) is 0 Å². The number of halogens is 2. The molecule has 3 atom stereocenters. The third-order valence-corrected chi connectivity index (χ3v) is 9.88. The third kappa shape index (κ3) is 4.89. The van der Waals surface area contributed by atoms with Crippen LogP contribution in [0.25, 0.3) is 0 Å². The number of fused-ring (bicyclic) bond motifs is 2. The topological polar surface area (TPSA) is 132 Å². The Labute approximate surface area is 249 Å². The summed E-state index contributed by atoms with van der Waals surface area (Å²) in [6.07, 6.45) is 0. The quantitative estimate of drug-likeness (QED) is 0.180. The SMILES string of the molecule is O=C(Cn1c2c(sc1=O)[C@@H](c1ccc(Cl)cc1)[C@H]1C(=O)N(c3ccc([N+](=O)[O-])cc3)C(=O)[C@H]1S2)Nc1ccc(F)cc1. The van der Waals surface area contributed by atoms with Crippen molar-refractivity contribution in [1.29, 1.82) is 0 Å². The number of amides is 3. The number of aromatic nitrogens is 1. The Balaban J connectivity index is 1.39. The number of nitro benzene ring substituents is 1. The fourth-order valence-corrected chi connectivity index (χ4v) is 8.04. The summed E-state index contributed by atoms with van der Waals surface area (Å²) < 4.78 is 14.5. The number of benzene rings is 3. The van der Waals surface area contributed by atoms with Crippen LogP contribution < -0.4 is 15.1 Å². The predicted molar refractivity (Wildman–Crippen MR) is 156 cm³/mol. The Bertz CT molecular complexity index is 1810. The lowest BCUT2D eigenvalue weighted by Gasteiger charge is -2.30. The van der Waals surface area contributed by atoms with E-state index < -0.39 is 50.4 Å². The number of imide groups is 1. The number of nitro groups is 1. The van der Waals surface area contributed by atoms with E-state index in [1.807, 2.05) is 0 Å². The van der Waals surface area contributed by atoms with Crippen LogP contribution >= 0.6 is 34.7 Å². The van der Waals surface area contributed by atoms with Gasteiger partial charge in [0.15, 0.2) is 0 Å². The Kier molecular flexibility index (Phi) is 7.17. The molecule has 10 nitrogen and oxygen atoms in total. The highest BCUT2D eigenvalue weighted by atomic mass is 35.5. The van der Waals surface area contributed by atoms with Crippen molar-refractivity contribution in [3.05, 3.63) is 114 Å². The van der Waals surface area contributed by atoms with Gasteiger partial charge in [-0.15, -0.1) is 0 Å². The average Bonchev–Trinajstić information content (AvgIpc) is 3.41. The van der Waals surface area contributed by atoms with Crippen LogP contribution in [0.2, 0.25) is 5.02 Å². The van der Waals surface area contributed by atoms with Gasteiger partial charge in [-0.05, 0) is 54.1 Å². The van der Waals surface area contributed by atoms with E-state index >= 15 is 0 Å². The summed E-state index contributed by atoms with van der Waals surface area (Å²) >= 11 is 8.05. The van der Waals surface area contributed by atoms with Crippen molar-refractivity contribution >= 4 is 69.5 Å². The molecule has 1 fully saturated rings. The maximum Gasteiger partial charge on any atom is 0.308 e. The number of hydrogen-bond acceptors (Lipinski definition) is 8. The highest BCUT2D eigenvalue weighted by Crippen LogP contribution is 2.54. The zero-order valence-corrected chi connectivity index (χ0v) is 23.6. The second-order valence-electron chi connectivity index (χ2n) is 9.56. The van der Waals surface area contributed by atoms with E-state index in [0.29, 0.717) is 26.2 Å². The molecule has 2 aliphatic rings. The predicted octanol–water partition coefficient (Wildman–Crippen LogP) is 5.05. The number of thiazole rings is 1. The molecule has 0 bridgehead atoms. The molecule has 3 heterocycles. The molecule has 42 heavy (non-hydrogen) atoms. The van der Waals surface area contributed by atoms with Crippen molar-refractivity contribution in [2.75, 3.05) is 10.2 Å². The number of hydrogen-bond donors (Lipinski definition) is 1. The molecule has 6 rings (SSSR count). The average molecular weight is 625 g/mol. The zero-order valence-electron chi connectivity index (χ0n) is 21.2. The van der Waals surface area contributed by atoms with E-state index in [-0.39, 0.29) is 17.9 Å². The van der Waals surface area contributed by atoms with Gasteiger partial charge in [0.05, 0.1) is 21.6 Å². The van der Waals surface area contributed by atoms with E-state index in [9.17, 15) is 33.7 Å². The number of rotatable bonds is 6. The van der Waals surface area contributed by atoms with Gasteiger partial charge >= 0.3 is 4.87 Å². The van der Waals surface area contributed by atoms with E-state index in [0.717, 1.165) is 28.0 Å². The summed E-state index contributed by atoms with van der Waals surface area (Å²) in [5.41, 5.74) is 1.01. The molecule has 4 aromatic rings. The monoisotopic (exact) mass is 624 g/mol. The van der Waals surface area contributed by atoms with E-state index in [1.54, 1.807) is 24.3 Å². The first-order valence-electron chi connectivity index (χ1n) is 12.5. The molecule has 1 saturated heterocycles. The van der Waals surface area contributed by atoms with Gasteiger partial charge in [-0.1, -0.05) is 46.8 Å². The van der Waals surface area contributed by atoms with Crippen molar-refractivity contribution in [2.24, 2.45) is 5.92 Å². The number of non-ortho nitro benzene ring substituents is 1. The highest BCUT2D eigenvalue weighted by Gasteiger charge is 2.56. The molecule has 3 amide bonds. The van der Waals surface area contributed by atoms with Gasteiger partial charge in [-0.25, -0.2) is 9.29 Å². The van der Waals surface area contributed by atoms with Gasteiger partial charge < -0.3 is 5.32 Å². The summed E-state index contributed by atoms with van der Waals surface area (Å²) in [6.45, 7) is -0.367. The highest BCUT2D eigenvalue weighted by molar-refractivity contribution is 8.00. The van der Waals surface area contributed by atoms with Crippen LogP contribution in [0.3, 0.4) is 0 Å². The van der Waals surface area contributed by atoms with Crippen LogP contribution in [0.4, 0.5) is 21.5 Å². The van der Waals surface area contributed by atoms with Crippen molar-refractivity contribution in [3.63, 3.8) is 0 Å². The molecule has 0 radical (unpaired) electrons. The summed E-state index contributed by atoms with van der Waals surface area (Å²) in [4.78, 5) is 65.4. The Morgan fingerprint density at radius 1 is 0.976 bits per heavy atom. The molecule has 3 aromatic carbocycles. The second kappa shape index (κ2) is 10.8. The Morgan fingerprint density at radius 2 is 1.64 bits per heavy atom. The normalized spacial score (nSPS) is 19.4. The van der Waals surface area contributed by atoms with E-state index in [1.165, 1.54) is 53.1 Å². The standard InChI is InChI=1S/C28H18ClFN4O6S2/c29-15-3-1-14(2-4-15)21-22-23(26(37)33(25(22)36)18-9-11-19(12-10-18)34(39)40)41-27-24(21)42-28(38)32(27)13-20(35)31-17-7-5-16(30)6-8-17/h1-12,21-23H,13H2,(H,31,35)/t21-,22+,23-/m0/s1. The summed E-state index contributed by atoms with van der Waals surface area (Å²) in [5.74, 6) is -3.61. The number of carbonyl (C=O) groups is 3. The van der Waals surface area contributed by atoms with Gasteiger partial charge in [0.25, 0.3) is 5.69 Å². The number of nitrogens with one attached hydrogen (secondary N) is 1. The smallest absolute Gasteiger partial charge is 0.308 e. The van der Waals surface area contributed by atoms with Crippen LogP contribution in [-0.4, -0.2) is 32.5 Å². The molecule has 1 N–H and O–H groups in total. The third-order valence-electron chi connectivity index (χ3n) is 7.03. The number of nitrogens with zero attached hydrogens (tertiary/aromatic N) is 3. The van der Waals surface area contributed by atoms with Crippen LogP contribution in [0, 0.1) is 21.8 Å². The fraction of sp³-hybridized carbons (Fsp3) is 0.143. The summed E-state index contributed by atoms with van der Waals surface area (Å²) in [5, 5.41) is 13.7. The fourth-order valence-electron chi connectivity index (χ4n) is 5.14. The molecule has 0 unspecified atom stereocenters. The minimum atomic E-state index is -0.929. The van der Waals surface area contributed by atoms with Crippen LogP contribution in [-0.2, 0) is 20.9 Å². The maximum absolute atomic E-state index is 13.9. The van der Waals surface area contributed by atoms with Gasteiger partial charge in [0.2, 0.25) is 17.7 Å². The molecule has 1 aromatic heterocycles. The van der Waals surface area contributed by atoms with Crippen molar-refractivity contribution in [3.8, 4) is 0 Å². The Hall–Kier alpha value is -4.33. The van der Waals surface area contributed by atoms with Crippen molar-refractivity contribution in [2.45, 2.75) is 22.7 Å². The Morgan fingerprint density at radius 3 is 2.29 bits per heavy atom. The lowest BCUT2D eigenvalue weighted by Crippen LogP contribution is -2.33. The molecule has 0 aliphatic carbocycles. The summed E-state index contributed by atoms with van der Waals surface area (Å²) in [6, 6.07) is 17.1. The second-order valence-corrected chi connectivity index (χ2v) is 12.1.